The highest BCUT2D eigenvalue weighted by molar-refractivity contribution is 6.34. The van der Waals surface area contributed by atoms with Gasteiger partial charge in [-0.3, -0.25) is 9.59 Å². The number of carbonyl (C=O) groups is 2. The second kappa shape index (κ2) is 8.33. The van der Waals surface area contributed by atoms with E-state index in [0.29, 0.717) is 17.9 Å². The lowest BCUT2D eigenvalue weighted by molar-refractivity contribution is -0.138. The average molecular weight is 311 g/mol. The highest BCUT2D eigenvalue weighted by Gasteiger charge is 2.09. The van der Waals surface area contributed by atoms with E-state index in [0.717, 1.165) is 5.56 Å². The Bertz CT molecular complexity index is 699. The molecule has 2 aromatic carbocycles. The molecule has 0 aliphatic heterocycles. The van der Waals surface area contributed by atoms with Gasteiger partial charge in [0.15, 0.2) is 0 Å². The zero-order chi connectivity index (χ0) is 16.5. The molecular formula is C17H17N3O3. The van der Waals surface area contributed by atoms with Crippen LogP contribution in [0.3, 0.4) is 0 Å². The molecule has 0 aliphatic carbocycles. The second-order valence-electron chi connectivity index (χ2n) is 4.59. The summed E-state index contributed by atoms with van der Waals surface area (Å²) in [7, 11) is 1.37. The first kappa shape index (κ1) is 16.2. The molecule has 0 bridgehead atoms. The molecule has 0 saturated carbocycles. The third-order valence-electron chi connectivity index (χ3n) is 2.96. The van der Waals surface area contributed by atoms with Gasteiger partial charge in [-0.15, -0.1) is 0 Å². The molecule has 0 heterocycles. The average Bonchev–Trinajstić information content (AvgIpc) is 2.61. The third kappa shape index (κ3) is 4.96. The van der Waals surface area contributed by atoms with E-state index in [1.54, 1.807) is 6.07 Å². The topological polar surface area (TPSA) is 79.8 Å². The number of nitrogens with one attached hydrogen (secondary N) is 2. The van der Waals surface area contributed by atoms with Crippen molar-refractivity contribution in [3.8, 4) is 5.75 Å². The Labute approximate surface area is 134 Å². The largest absolute Gasteiger partial charge is 0.488 e. The first-order chi connectivity index (χ1) is 11.2. The van der Waals surface area contributed by atoms with Crippen molar-refractivity contribution < 1.29 is 14.3 Å². The quantitative estimate of drug-likeness (QED) is 0.498. The maximum atomic E-state index is 11.3. The maximum absolute atomic E-state index is 11.3. The number of hydrazone groups is 1. The van der Waals surface area contributed by atoms with E-state index < -0.39 is 11.8 Å². The molecule has 2 N–H and O–H groups in total. The van der Waals surface area contributed by atoms with Gasteiger partial charge in [0.2, 0.25) is 0 Å². The Hall–Kier alpha value is -3.15. The fraction of sp³-hybridized carbons (Fsp3) is 0.118. The summed E-state index contributed by atoms with van der Waals surface area (Å²) >= 11 is 0. The van der Waals surface area contributed by atoms with Crippen LogP contribution in [0.2, 0.25) is 0 Å². The second-order valence-corrected chi connectivity index (χ2v) is 4.59. The van der Waals surface area contributed by atoms with Gasteiger partial charge in [0.1, 0.15) is 12.4 Å². The van der Waals surface area contributed by atoms with Gasteiger partial charge in [-0.05, 0) is 17.7 Å². The number of likely N-dealkylation sites (N-methyl/N-ethyl adjacent to an activating group) is 1. The minimum absolute atomic E-state index is 0.427. The number of nitrogens with zero attached hydrogens (tertiary/aromatic N) is 1. The van der Waals surface area contributed by atoms with Crippen LogP contribution < -0.4 is 15.5 Å². The molecule has 2 rings (SSSR count). The molecule has 6 heteroatoms. The van der Waals surface area contributed by atoms with Crippen molar-refractivity contribution in [1.82, 2.24) is 10.7 Å². The number of ether oxygens (including phenoxy) is 1. The molecule has 0 fully saturated rings. The minimum Gasteiger partial charge on any atom is -0.488 e. The summed E-state index contributed by atoms with van der Waals surface area (Å²) in [4.78, 5) is 22.4. The molecule has 0 aromatic heterocycles. The van der Waals surface area contributed by atoms with E-state index in [9.17, 15) is 9.59 Å². The fourth-order valence-electron chi connectivity index (χ4n) is 1.78. The molecule has 118 valence electrons. The lowest BCUT2D eigenvalue weighted by atomic mass is 10.2. The van der Waals surface area contributed by atoms with Gasteiger partial charge in [0.25, 0.3) is 0 Å². The number of amides is 2. The van der Waals surface area contributed by atoms with Gasteiger partial charge >= 0.3 is 11.8 Å². The summed E-state index contributed by atoms with van der Waals surface area (Å²) in [6.07, 6.45) is 1.43. The molecule has 6 nitrogen and oxygen atoms in total. The van der Waals surface area contributed by atoms with Crippen molar-refractivity contribution in [3.05, 3.63) is 65.7 Å². The van der Waals surface area contributed by atoms with E-state index in [1.807, 2.05) is 48.5 Å². The van der Waals surface area contributed by atoms with Gasteiger partial charge in [-0.1, -0.05) is 42.5 Å². The van der Waals surface area contributed by atoms with Crippen molar-refractivity contribution in [2.45, 2.75) is 6.61 Å². The van der Waals surface area contributed by atoms with Crippen LogP contribution in [0.5, 0.6) is 5.75 Å². The van der Waals surface area contributed by atoms with Crippen LogP contribution in [-0.2, 0) is 16.2 Å². The molecule has 0 saturated heterocycles. The van der Waals surface area contributed by atoms with E-state index in [1.165, 1.54) is 13.3 Å². The van der Waals surface area contributed by atoms with Crippen LogP contribution in [0.4, 0.5) is 0 Å². The molecule has 0 unspecified atom stereocenters. The Morgan fingerprint density at radius 2 is 1.74 bits per heavy atom. The van der Waals surface area contributed by atoms with Crippen LogP contribution in [0.25, 0.3) is 0 Å². The van der Waals surface area contributed by atoms with Gasteiger partial charge in [0.05, 0.1) is 6.21 Å². The number of rotatable bonds is 5. The Balaban J connectivity index is 2.00. The molecule has 0 radical (unpaired) electrons. The number of hydrogen-bond acceptors (Lipinski definition) is 4. The zero-order valence-electron chi connectivity index (χ0n) is 12.7. The van der Waals surface area contributed by atoms with Crippen molar-refractivity contribution in [2.75, 3.05) is 7.05 Å². The van der Waals surface area contributed by atoms with E-state index in [-0.39, 0.29) is 0 Å². The van der Waals surface area contributed by atoms with Crippen molar-refractivity contribution in [3.63, 3.8) is 0 Å². The summed E-state index contributed by atoms with van der Waals surface area (Å²) < 4.78 is 5.77. The minimum atomic E-state index is -0.827. The molecule has 2 amide bonds. The molecule has 0 atom stereocenters. The molecule has 23 heavy (non-hydrogen) atoms. The summed E-state index contributed by atoms with van der Waals surface area (Å²) in [5.74, 6) is -0.948. The molecule has 2 aromatic rings. The Kier molecular flexibility index (Phi) is 5.88. The highest BCUT2D eigenvalue weighted by Crippen LogP contribution is 2.17. The molecule has 0 aliphatic rings. The predicted molar refractivity (Wildman–Crippen MR) is 87.0 cm³/mol. The van der Waals surface area contributed by atoms with E-state index >= 15 is 0 Å². The van der Waals surface area contributed by atoms with Crippen LogP contribution >= 0.6 is 0 Å². The van der Waals surface area contributed by atoms with Crippen LogP contribution in [0.1, 0.15) is 11.1 Å². The number of carbonyl (C=O) groups excluding carboxylic acids is 2. The Morgan fingerprint density at radius 1 is 1.04 bits per heavy atom. The van der Waals surface area contributed by atoms with Crippen molar-refractivity contribution in [2.24, 2.45) is 5.10 Å². The van der Waals surface area contributed by atoms with Crippen LogP contribution in [-0.4, -0.2) is 25.1 Å². The smallest absolute Gasteiger partial charge is 0.329 e. The predicted octanol–water partition coefficient (Wildman–Crippen LogP) is 1.46. The number of benzene rings is 2. The van der Waals surface area contributed by atoms with Crippen LogP contribution in [0, 0.1) is 0 Å². The monoisotopic (exact) mass is 311 g/mol. The first-order valence-corrected chi connectivity index (χ1v) is 7.01. The summed E-state index contributed by atoms with van der Waals surface area (Å²) in [5, 5.41) is 5.97. The Morgan fingerprint density at radius 3 is 2.48 bits per heavy atom. The number of para-hydroxylation sites is 1. The standard InChI is InChI=1S/C17H17N3O3/c1-18-16(21)17(22)20-19-11-14-9-5-6-10-15(14)23-12-13-7-3-2-4-8-13/h2-11H,12H2,1H3,(H,18,21)(H,20,22)/b19-11-. The summed E-state index contributed by atoms with van der Waals surface area (Å²) in [6, 6.07) is 17.1. The zero-order valence-corrected chi connectivity index (χ0v) is 12.7. The van der Waals surface area contributed by atoms with E-state index in [4.69, 9.17) is 4.74 Å². The van der Waals surface area contributed by atoms with Crippen molar-refractivity contribution in [1.29, 1.82) is 0 Å². The summed E-state index contributed by atoms with van der Waals surface area (Å²) in [5.41, 5.74) is 3.89. The van der Waals surface area contributed by atoms with Gasteiger partial charge in [-0.2, -0.15) is 5.10 Å². The SMILES string of the molecule is CNC(=O)C(=O)N/N=C\c1ccccc1OCc1ccccc1. The lowest BCUT2D eigenvalue weighted by Crippen LogP contribution is -2.35. The van der Waals surface area contributed by atoms with Crippen molar-refractivity contribution >= 4 is 18.0 Å². The number of hydrogen-bond donors (Lipinski definition) is 2. The highest BCUT2D eigenvalue weighted by atomic mass is 16.5. The maximum Gasteiger partial charge on any atom is 0.329 e. The lowest BCUT2D eigenvalue weighted by Gasteiger charge is -2.08. The normalized spacial score (nSPS) is 10.3. The molecule has 0 spiro atoms. The van der Waals surface area contributed by atoms with Gasteiger partial charge < -0.3 is 10.1 Å². The van der Waals surface area contributed by atoms with E-state index in [2.05, 4.69) is 15.8 Å². The molecular weight excluding hydrogens is 294 g/mol. The van der Waals surface area contributed by atoms with Gasteiger partial charge in [0, 0.05) is 12.6 Å². The third-order valence-corrected chi connectivity index (χ3v) is 2.96. The van der Waals surface area contributed by atoms with Crippen LogP contribution in [0.15, 0.2) is 59.7 Å². The summed E-state index contributed by atoms with van der Waals surface area (Å²) in [6.45, 7) is 0.427. The first-order valence-electron chi connectivity index (χ1n) is 7.01. The fourth-order valence-corrected chi connectivity index (χ4v) is 1.78. The van der Waals surface area contributed by atoms with Gasteiger partial charge in [-0.25, -0.2) is 5.43 Å².